The highest BCUT2D eigenvalue weighted by Crippen LogP contribution is 2.35. The van der Waals surface area contributed by atoms with Gasteiger partial charge in [0.1, 0.15) is 18.0 Å². The lowest BCUT2D eigenvalue weighted by Gasteiger charge is -2.17. The van der Waals surface area contributed by atoms with Gasteiger partial charge >= 0.3 is 13.5 Å². The van der Waals surface area contributed by atoms with E-state index in [1.54, 1.807) is 5.48 Å². The Balaban J connectivity index is 2.16. The van der Waals surface area contributed by atoms with E-state index in [4.69, 9.17) is 20.3 Å². The van der Waals surface area contributed by atoms with Gasteiger partial charge in [-0.25, -0.2) is 9.36 Å². The Morgan fingerprint density at radius 3 is 2.67 bits per heavy atom. The maximum absolute atomic E-state index is 11.6. The number of rotatable bonds is 4. The standard InChI is InChI=1S/C8H13N4O8P/c9-3-1-2-12(8(15)10-3)7-5(14)4(13)6(19-7)11-20-21(16,17)18/h1-2,4-7,11,13-14H,(H2,9,10,15)(H2,16,17,18)/t4-,5+,6-,7+/m0/s1. The second-order valence-corrected chi connectivity index (χ2v) is 5.33. The van der Waals surface area contributed by atoms with Crippen molar-refractivity contribution in [3.05, 3.63) is 22.7 Å². The van der Waals surface area contributed by atoms with Gasteiger partial charge in [-0.3, -0.25) is 4.57 Å². The molecule has 2 heterocycles. The molecule has 13 heteroatoms. The third-order valence-corrected chi connectivity index (χ3v) is 2.99. The second kappa shape index (κ2) is 5.79. The minimum atomic E-state index is -4.85. The predicted octanol–water partition coefficient (Wildman–Crippen LogP) is -2.98. The van der Waals surface area contributed by atoms with Crippen LogP contribution in [0.5, 0.6) is 0 Å². The Labute approximate surface area is 116 Å². The second-order valence-electron chi connectivity index (χ2n) is 4.17. The fraction of sp³-hybridized carbons (Fsp3) is 0.500. The molecule has 1 fully saturated rings. The summed E-state index contributed by atoms with van der Waals surface area (Å²) in [6.07, 6.45) is -4.78. The number of anilines is 1. The summed E-state index contributed by atoms with van der Waals surface area (Å²) in [5, 5.41) is 19.5. The zero-order chi connectivity index (χ0) is 15.8. The number of nitrogen functional groups attached to an aromatic ring is 1. The number of ether oxygens (including phenoxy) is 1. The fourth-order valence-corrected chi connectivity index (χ4v) is 1.97. The minimum absolute atomic E-state index is 0.0382. The van der Waals surface area contributed by atoms with E-state index in [2.05, 4.69) is 9.61 Å². The topological polar surface area (TPSA) is 189 Å². The molecule has 1 aromatic rings. The summed E-state index contributed by atoms with van der Waals surface area (Å²) in [6, 6.07) is 1.27. The molecule has 1 aliphatic rings. The Kier molecular flexibility index (Phi) is 4.41. The third kappa shape index (κ3) is 3.64. The summed E-state index contributed by atoms with van der Waals surface area (Å²) in [7, 11) is -4.85. The van der Waals surface area contributed by atoms with E-state index in [1.807, 2.05) is 0 Å². The summed E-state index contributed by atoms with van der Waals surface area (Å²) < 4.78 is 20.5. The molecule has 0 spiro atoms. The van der Waals surface area contributed by atoms with Crippen molar-refractivity contribution in [2.45, 2.75) is 24.7 Å². The highest BCUT2D eigenvalue weighted by molar-refractivity contribution is 7.46. The summed E-state index contributed by atoms with van der Waals surface area (Å²) in [4.78, 5) is 32.1. The van der Waals surface area contributed by atoms with Crippen LogP contribution < -0.4 is 16.9 Å². The Bertz CT molecular complexity index is 617. The molecule has 1 saturated heterocycles. The van der Waals surface area contributed by atoms with Crippen LogP contribution in [0.3, 0.4) is 0 Å². The van der Waals surface area contributed by atoms with Gasteiger partial charge < -0.3 is 30.5 Å². The molecule has 118 valence electrons. The first-order valence-electron chi connectivity index (χ1n) is 5.55. The molecular weight excluding hydrogens is 311 g/mol. The van der Waals surface area contributed by atoms with Crippen molar-refractivity contribution in [3.63, 3.8) is 0 Å². The van der Waals surface area contributed by atoms with Gasteiger partial charge in [-0.05, 0) is 6.07 Å². The molecule has 1 aliphatic heterocycles. The maximum Gasteiger partial charge on any atom is 0.486 e. The van der Waals surface area contributed by atoms with Gasteiger partial charge in [0.15, 0.2) is 12.5 Å². The number of phosphoric acid groups is 1. The number of aliphatic hydroxyl groups excluding tert-OH is 2. The van der Waals surface area contributed by atoms with Crippen molar-refractivity contribution in [2.75, 3.05) is 5.73 Å². The van der Waals surface area contributed by atoms with Crippen molar-refractivity contribution in [1.82, 2.24) is 15.0 Å². The fourth-order valence-electron chi connectivity index (χ4n) is 1.73. The van der Waals surface area contributed by atoms with Crippen LogP contribution in [-0.4, -0.2) is 48.0 Å². The normalized spacial score (nSPS) is 29.7. The molecule has 0 radical (unpaired) electrons. The molecule has 7 N–H and O–H groups in total. The lowest BCUT2D eigenvalue weighted by molar-refractivity contribution is -0.0943. The first-order valence-corrected chi connectivity index (χ1v) is 7.08. The number of aromatic nitrogens is 2. The van der Waals surface area contributed by atoms with E-state index in [1.165, 1.54) is 12.3 Å². The largest absolute Gasteiger partial charge is 0.486 e. The van der Waals surface area contributed by atoms with Crippen LogP contribution in [0.15, 0.2) is 17.1 Å². The third-order valence-electron chi connectivity index (χ3n) is 2.65. The first kappa shape index (κ1) is 16.0. The van der Waals surface area contributed by atoms with Gasteiger partial charge in [0.2, 0.25) is 0 Å². The molecule has 0 unspecified atom stereocenters. The van der Waals surface area contributed by atoms with E-state index in [-0.39, 0.29) is 5.82 Å². The molecule has 21 heavy (non-hydrogen) atoms. The molecule has 2 rings (SSSR count). The highest BCUT2D eigenvalue weighted by Gasteiger charge is 2.45. The number of hydroxylamine groups is 1. The van der Waals surface area contributed by atoms with Crippen molar-refractivity contribution in [2.24, 2.45) is 0 Å². The van der Waals surface area contributed by atoms with Crippen LogP contribution in [0.25, 0.3) is 0 Å². The molecule has 0 aromatic carbocycles. The van der Waals surface area contributed by atoms with E-state index < -0.39 is 38.2 Å². The summed E-state index contributed by atoms with van der Waals surface area (Å²) in [5.74, 6) is -0.0382. The molecule has 0 amide bonds. The Morgan fingerprint density at radius 1 is 1.43 bits per heavy atom. The van der Waals surface area contributed by atoms with Crippen LogP contribution in [-0.2, 0) is 13.9 Å². The van der Waals surface area contributed by atoms with E-state index in [0.29, 0.717) is 0 Å². The van der Waals surface area contributed by atoms with Gasteiger partial charge in [-0.2, -0.15) is 15.1 Å². The number of nitrogens with two attached hydrogens (primary N) is 1. The van der Waals surface area contributed by atoms with Crippen LogP contribution in [0.1, 0.15) is 6.23 Å². The molecule has 1 aromatic heterocycles. The summed E-state index contributed by atoms with van der Waals surface area (Å²) >= 11 is 0. The van der Waals surface area contributed by atoms with Gasteiger partial charge in [0.05, 0.1) is 0 Å². The van der Waals surface area contributed by atoms with E-state index >= 15 is 0 Å². The van der Waals surface area contributed by atoms with E-state index in [0.717, 1.165) is 4.57 Å². The average molecular weight is 324 g/mol. The number of aliphatic hydroxyl groups is 2. The molecule has 0 saturated carbocycles. The van der Waals surface area contributed by atoms with Crippen molar-refractivity contribution >= 4 is 13.6 Å². The van der Waals surface area contributed by atoms with Gasteiger partial charge in [-0.1, -0.05) is 0 Å². The van der Waals surface area contributed by atoms with E-state index in [9.17, 15) is 19.6 Å². The van der Waals surface area contributed by atoms with Gasteiger partial charge in [0.25, 0.3) is 0 Å². The number of hydrogen-bond donors (Lipinski definition) is 6. The number of nitrogens with zero attached hydrogens (tertiary/aromatic N) is 2. The van der Waals surface area contributed by atoms with Crippen LogP contribution in [0.2, 0.25) is 0 Å². The number of hydrogen-bond acceptors (Lipinski definition) is 9. The molecule has 12 nitrogen and oxygen atoms in total. The van der Waals surface area contributed by atoms with Crippen LogP contribution in [0, 0.1) is 0 Å². The zero-order valence-corrected chi connectivity index (χ0v) is 11.2. The van der Waals surface area contributed by atoms with Gasteiger partial charge in [0, 0.05) is 6.20 Å². The zero-order valence-electron chi connectivity index (χ0n) is 10.3. The Morgan fingerprint density at radius 2 is 2.10 bits per heavy atom. The molecule has 4 atom stereocenters. The van der Waals surface area contributed by atoms with Crippen LogP contribution in [0.4, 0.5) is 5.82 Å². The summed E-state index contributed by atoms with van der Waals surface area (Å²) in [6.45, 7) is 0. The molecule has 0 aliphatic carbocycles. The minimum Gasteiger partial charge on any atom is -0.386 e. The highest BCUT2D eigenvalue weighted by atomic mass is 31.2. The van der Waals surface area contributed by atoms with Gasteiger partial charge in [-0.15, -0.1) is 0 Å². The Hall–Kier alpha value is -1.37. The van der Waals surface area contributed by atoms with Crippen molar-refractivity contribution < 1.29 is 33.9 Å². The number of nitrogens with one attached hydrogen (secondary N) is 1. The smallest absolute Gasteiger partial charge is 0.386 e. The average Bonchev–Trinajstić information content (AvgIpc) is 2.64. The monoisotopic (exact) mass is 324 g/mol. The lowest BCUT2D eigenvalue weighted by Crippen LogP contribution is -2.40. The lowest BCUT2D eigenvalue weighted by atomic mass is 10.2. The summed E-state index contributed by atoms with van der Waals surface area (Å²) in [5.41, 5.74) is 6.26. The first-order chi connectivity index (χ1) is 9.69. The van der Waals surface area contributed by atoms with Crippen LogP contribution >= 0.6 is 7.82 Å². The van der Waals surface area contributed by atoms with Crippen molar-refractivity contribution in [3.8, 4) is 0 Å². The van der Waals surface area contributed by atoms with Crippen molar-refractivity contribution in [1.29, 1.82) is 0 Å². The maximum atomic E-state index is 11.6. The molecular formula is C8H13N4O8P. The SMILES string of the molecule is Nc1ccn([C@@H]2O[C@H](NOP(=O)(O)O)[C@@H](O)[C@H]2O)c(=O)n1. The quantitative estimate of drug-likeness (QED) is 0.245. The molecule has 0 bridgehead atoms. The predicted molar refractivity (Wildman–Crippen MR) is 65.1 cm³/mol.